The van der Waals surface area contributed by atoms with E-state index < -0.39 is 92.0 Å². The first kappa shape index (κ1) is 25.3. The molecule has 2 rings (SSSR count). The zero-order valence-corrected chi connectivity index (χ0v) is 17.5. The third kappa shape index (κ3) is 5.84. The third-order valence-electron chi connectivity index (χ3n) is 4.24. The normalized spacial score (nSPS) is 21.9. The van der Waals surface area contributed by atoms with Crippen molar-refractivity contribution in [1.29, 1.82) is 0 Å². The minimum absolute atomic E-state index is 0.0680. The van der Waals surface area contributed by atoms with Crippen LogP contribution in [0.15, 0.2) is 0 Å². The highest BCUT2D eigenvalue weighted by molar-refractivity contribution is 7.87. The van der Waals surface area contributed by atoms with E-state index in [9.17, 15) is 45.6 Å². The SMILES string of the molecule is O=C(CCCCC(=O)ON1C(=O)CC(S(=O)(=O)O)C1=O)ON1C(=O)CC(S(=O)(=O)O)C1=O. The van der Waals surface area contributed by atoms with E-state index in [2.05, 4.69) is 9.68 Å². The topological polar surface area (TPSA) is 236 Å². The second-order valence-electron chi connectivity index (χ2n) is 6.60. The summed E-state index contributed by atoms with van der Waals surface area (Å²) in [6, 6.07) is 0. The molecule has 18 heteroatoms. The molecule has 2 saturated heterocycles. The van der Waals surface area contributed by atoms with Crippen LogP contribution in [0.2, 0.25) is 0 Å². The molecule has 0 radical (unpaired) electrons. The summed E-state index contributed by atoms with van der Waals surface area (Å²) in [4.78, 5) is 79.0. The summed E-state index contributed by atoms with van der Waals surface area (Å²) in [7, 11) is -9.73. The number of carbonyl (C=O) groups is 6. The monoisotopic (exact) mass is 500 g/mol. The first-order valence-electron chi connectivity index (χ1n) is 8.70. The van der Waals surface area contributed by atoms with Gasteiger partial charge in [-0.2, -0.15) is 16.8 Å². The summed E-state index contributed by atoms with van der Waals surface area (Å²) in [6.45, 7) is 0. The Morgan fingerprint density at radius 3 is 1.31 bits per heavy atom. The Bertz CT molecular complexity index is 993. The lowest BCUT2D eigenvalue weighted by molar-refractivity contribution is -0.198. The number of rotatable bonds is 9. The number of unbranched alkanes of at least 4 members (excludes halogenated alkanes) is 1. The lowest BCUT2D eigenvalue weighted by atomic mass is 10.2. The van der Waals surface area contributed by atoms with Gasteiger partial charge >= 0.3 is 11.9 Å². The quantitative estimate of drug-likeness (QED) is 0.189. The Morgan fingerprint density at radius 1 is 0.750 bits per heavy atom. The molecule has 4 amide bonds. The molecule has 32 heavy (non-hydrogen) atoms. The maximum atomic E-state index is 11.7. The van der Waals surface area contributed by atoms with Crippen LogP contribution in [-0.2, 0) is 58.7 Å². The van der Waals surface area contributed by atoms with Crippen molar-refractivity contribution in [2.24, 2.45) is 0 Å². The van der Waals surface area contributed by atoms with Crippen LogP contribution in [0.5, 0.6) is 0 Å². The highest BCUT2D eigenvalue weighted by Gasteiger charge is 2.49. The molecule has 0 bridgehead atoms. The lowest BCUT2D eigenvalue weighted by Crippen LogP contribution is -2.36. The molecule has 0 aromatic rings. The Balaban J connectivity index is 1.76. The average molecular weight is 500 g/mol. The molecule has 2 aliphatic heterocycles. The Morgan fingerprint density at radius 2 is 1.06 bits per heavy atom. The van der Waals surface area contributed by atoms with Crippen LogP contribution in [0.1, 0.15) is 38.5 Å². The van der Waals surface area contributed by atoms with Crippen LogP contribution < -0.4 is 0 Å². The Hall–Kier alpha value is -2.96. The van der Waals surface area contributed by atoms with E-state index in [1.165, 1.54) is 0 Å². The summed E-state index contributed by atoms with van der Waals surface area (Å²) in [5.41, 5.74) is 0. The van der Waals surface area contributed by atoms with Crippen molar-refractivity contribution < 1.29 is 64.4 Å². The number of imide groups is 2. The summed E-state index contributed by atoms with van der Waals surface area (Å²) in [5.74, 6) is -7.43. The van der Waals surface area contributed by atoms with Gasteiger partial charge < -0.3 is 9.68 Å². The van der Waals surface area contributed by atoms with Crippen LogP contribution in [0.3, 0.4) is 0 Å². The average Bonchev–Trinajstić information content (AvgIpc) is 3.10. The van der Waals surface area contributed by atoms with Gasteiger partial charge in [0.2, 0.25) is 0 Å². The summed E-state index contributed by atoms with van der Waals surface area (Å²) >= 11 is 0. The minimum atomic E-state index is -4.87. The van der Waals surface area contributed by atoms with E-state index in [1.54, 1.807) is 0 Å². The fourth-order valence-electron chi connectivity index (χ4n) is 2.66. The molecule has 2 heterocycles. The van der Waals surface area contributed by atoms with Gasteiger partial charge in [0.15, 0.2) is 10.5 Å². The van der Waals surface area contributed by atoms with E-state index in [4.69, 9.17) is 9.11 Å². The van der Waals surface area contributed by atoms with Crippen molar-refractivity contribution in [3.05, 3.63) is 0 Å². The molecular weight excluding hydrogens is 484 g/mol. The largest absolute Gasteiger partial charge is 0.333 e. The second kappa shape index (κ2) is 9.27. The molecule has 0 spiro atoms. The molecule has 0 aliphatic carbocycles. The number of hydroxylamine groups is 4. The second-order valence-corrected chi connectivity index (χ2v) is 9.80. The van der Waals surface area contributed by atoms with Crippen molar-refractivity contribution in [3.8, 4) is 0 Å². The first-order chi connectivity index (χ1) is 14.6. The molecule has 16 nitrogen and oxygen atoms in total. The minimum Gasteiger partial charge on any atom is -0.330 e. The maximum absolute atomic E-state index is 11.7. The first-order valence-corrected chi connectivity index (χ1v) is 11.7. The summed E-state index contributed by atoms with van der Waals surface area (Å²) < 4.78 is 61.8. The van der Waals surface area contributed by atoms with Crippen molar-refractivity contribution >= 4 is 55.8 Å². The van der Waals surface area contributed by atoms with Gasteiger partial charge in [-0.1, -0.05) is 0 Å². The van der Waals surface area contributed by atoms with E-state index >= 15 is 0 Å². The van der Waals surface area contributed by atoms with E-state index in [1.807, 2.05) is 0 Å². The molecule has 0 saturated carbocycles. The lowest BCUT2D eigenvalue weighted by Gasteiger charge is -2.14. The summed E-state index contributed by atoms with van der Waals surface area (Å²) in [5, 5.41) is -4.31. The van der Waals surface area contributed by atoms with Crippen molar-refractivity contribution in [2.45, 2.75) is 49.0 Å². The number of nitrogens with zero attached hydrogens (tertiary/aromatic N) is 2. The van der Waals surface area contributed by atoms with Gasteiger partial charge in [0.05, 0.1) is 12.8 Å². The smallest absolute Gasteiger partial charge is 0.330 e. The highest BCUT2D eigenvalue weighted by atomic mass is 32.2. The maximum Gasteiger partial charge on any atom is 0.333 e. The van der Waals surface area contributed by atoms with E-state index in [0.717, 1.165) is 0 Å². The van der Waals surface area contributed by atoms with Gasteiger partial charge in [-0.25, -0.2) is 9.59 Å². The molecule has 0 aromatic carbocycles. The zero-order chi connectivity index (χ0) is 24.4. The van der Waals surface area contributed by atoms with Crippen molar-refractivity contribution in [2.75, 3.05) is 0 Å². The predicted octanol–water partition coefficient (Wildman–Crippen LogP) is -2.51. The van der Waals surface area contributed by atoms with Crippen molar-refractivity contribution in [3.63, 3.8) is 0 Å². The predicted molar refractivity (Wildman–Crippen MR) is 94.3 cm³/mol. The van der Waals surface area contributed by atoms with Gasteiger partial charge in [0.25, 0.3) is 43.9 Å². The molecule has 2 N–H and O–H groups in total. The van der Waals surface area contributed by atoms with E-state index in [0.29, 0.717) is 0 Å². The Kier molecular flexibility index (Phi) is 7.33. The third-order valence-corrected chi connectivity index (χ3v) is 6.42. The van der Waals surface area contributed by atoms with Crippen LogP contribution in [0.25, 0.3) is 0 Å². The standard InChI is InChI=1S/C14H16N2O14S2/c17-9-5-7(31(23,24)25)13(21)15(9)29-11(19)3-1-2-4-12(20)30-16-10(18)6-8(14(16)22)32(26,27)28/h7-8H,1-6H2,(H,23,24,25)(H,26,27,28). The fourth-order valence-corrected chi connectivity index (χ4v) is 4.06. The number of hydrogen-bond donors (Lipinski definition) is 2. The zero-order valence-electron chi connectivity index (χ0n) is 15.9. The van der Waals surface area contributed by atoms with Crippen LogP contribution in [0, 0.1) is 0 Å². The Labute approximate surface area is 179 Å². The highest BCUT2D eigenvalue weighted by Crippen LogP contribution is 2.21. The fraction of sp³-hybridized carbons (Fsp3) is 0.571. The van der Waals surface area contributed by atoms with Crippen LogP contribution >= 0.6 is 0 Å². The van der Waals surface area contributed by atoms with Gasteiger partial charge in [-0.3, -0.25) is 28.3 Å². The molecular formula is C14H16N2O14S2. The van der Waals surface area contributed by atoms with Crippen LogP contribution in [-0.4, -0.2) is 82.1 Å². The molecule has 0 aromatic heterocycles. The molecule has 178 valence electrons. The van der Waals surface area contributed by atoms with Gasteiger partial charge in [-0.15, -0.1) is 10.1 Å². The molecule has 2 aliphatic rings. The van der Waals surface area contributed by atoms with Crippen molar-refractivity contribution in [1.82, 2.24) is 10.1 Å². The summed E-state index contributed by atoms with van der Waals surface area (Å²) in [6.07, 6.45) is -2.81. The van der Waals surface area contributed by atoms with Gasteiger partial charge in [0, 0.05) is 12.8 Å². The molecule has 2 atom stereocenters. The van der Waals surface area contributed by atoms with Gasteiger partial charge in [-0.05, 0) is 12.8 Å². The van der Waals surface area contributed by atoms with E-state index in [-0.39, 0.29) is 23.0 Å². The molecule has 2 fully saturated rings. The number of hydrogen-bond acceptors (Lipinski definition) is 12. The number of amides is 4. The number of carbonyl (C=O) groups excluding carboxylic acids is 6. The van der Waals surface area contributed by atoms with Crippen LogP contribution in [0.4, 0.5) is 0 Å². The van der Waals surface area contributed by atoms with Gasteiger partial charge in [0.1, 0.15) is 0 Å². The molecule has 2 unspecified atom stereocenters.